The lowest BCUT2D eigenvalue weighted by atomic mass is 10.1. The zero-order valence-electron chi connectivity index (χ0n) is 11.8. The molecule has 3 aromatic rings. The Morgan fingerprint density at radius 2 is 1.95 bits per heavy atom. The number of pyridine rings is 1. The van der Waals surface area contributed by atoms with Crippen molar-refractivity contribution in [3.8, 4) is 10.6 Å². The molecule has 2 aromatic heterocycles. The van der Waals surface area contributed by atoms with Crippen LogP contribution in [0.1, 0.15) is 12.0 Å². The molecule has 1 amide bonds. The highest BCUT2D eigenvalue weighted by Crippen LogP contribution is 2.25. The van der Waals surface area contributed by atoms with E-state index in [9.17, 15) is 4.79 Å². The summed E-state index contributed by atoms with van der Waals surface area (Å²) in [5, 5.41) is 12.1. The zero-order chi connectivity index (χ0) is 15.2. The standard InChI is InChI=1S/C16H14N4OS/c21-14(9-8-12-5-2-1-3-6-12)18-16-20-19-15(22-16)13-7-4-10-17-11-13/h1-7,10-11H,8-9H2,(H,18,20,21). The summed E-state index contributed by atoms with van der Waals surface area (Å²) in [7, 11) is 0. The Morgan fingerprint density at radius 3 is 2.73 bits per heavy atom. The van der Waals surface area contributed by atoms with Gasteiger partial charge in [0.2, 0.25) is 11.0 Å². The third-order valence-electron chi connectivity index (χ3n) is 3.06. The molecule has 6 heteroatoms. The van der Waals surface area contributed by atoms with Crippen molar-refractivity contribution in [3.63, 3.8) is 0 Å². The predicted octanol–water partition coefficient (Wildman–Crippen LogP) is 3.17. The van der Waals surface area contributed by atoms with Crippen molar-refractivity contribution in [2.75, 3.05) is 5.32 Å². The van der Waals surface area contributed by atoms with Crippen LogP contribution in [0.3, 0.4) is 0 Å². The maximum Gasteiger partial charge on any atom is 0.226 e. The summed E-state index contributed by atoms with van der Waals surface area (Å²) in [6.07, 6.45) is 4.56. The topological polar surface area (TPSA) is 67.8 Å². The molecule has 1 aromatic carbocycles. The van der Waals surface area contributed by atoms with E-state index in [0.717, 1.165) is 16.1 Å². The summed E-state index contributed by atoms with van der Waals surface area (Å²) < 4.78 is 0. The van der Waals surface area contributed by atoms with Gasteiger partial charge in [-0.2, -0.15) is 0 Å². The van der Waals surface area contributed by atoms with Gasteiger partial charge in [-0.3, -0.25) is 9.78 Å². The van der Waals surface area contributed by atoms with Crippen molar-refractivity contribution >= 4 is 22.4 Å². The van der Waals surface area contributed by atoms with Crippen molar-refractivity contribution in [1.29, 1.82) is 0 Å². The van der Waals surface area contributed by atoms with Crippen LogP contribution in [0.4, 0.5) is 5.13 Å². The molecule has 0 saturated carbocycles. The molecular weight excluding hydrogens is 296 g/mol. The average molecular weight is 310 g/mol. The Labute approximate surface area is 132 Å². The van der Waals surface area contributed by atoms with E-state index in [1.165, 1.54) is 11.3 Å². The van der Waals surface area contributed by atoms with Crippen molar-refractivity contribution in [3.05, 3.63) is 60.4 Å². The Hall–Kier alpha value is -2.60. The van der Waals surface area contributed by atoms with E-state index >= 15 is 0 Å². The van der Waals surface area contributed by atoms with Crippen LogP contribution < -0.4 is 5.32 Å². The minimum Gasteiger partial charge on any atom is -0.301 e. The number of aromatic nitrogens is 3. The first-order valence-electron chi connectivity index (χ1n) is 6.89. The lowest BCUT2D eigenvalue weighted by molar-refractivity contribution is -0.116. The fourth-order valence-corrected chi connectivity index (χ4v) is 2.71. The SMILES string of the molecule is O=C(CCc1ccccc1)Nc1nnc(-c2cccnc2)s1. The number of anilines is 1. The molecule has 0 aliphatic heterocycles. The van der Waals surface area contributed by atoms with Gasteiger partial charge in [-0.1, -0.05) is 41.7 Å². The van der Waals surface area contributed by atoms with Crippen molar-refractivity contribution in [1.82, 2.24) is 15.2 Å². The smallest absolute Gasteiger partial charge is 0.226 e. The number of hydrogen-bond donors (Lipinski definition) is 1. The first-order chi connectivity index (χ1) is 10.8. The molecule has 0 aliphatic rings. The van der Waals surface area contributed by atoms with Gasteiger partial charge >= 0.3 is 0 Å². The molecule has 110 valence electrons. The van der Waals surface area contributed by atoms with E-state index < -0.39 is 0 Å². The second-order valence-corrected chi connectivity index (χ2v) is 5.67. The van der Waals surface area contributed by atoms with Gasteiger partial charge in [-0.25, -0.2) is 0 Å². The van der Waals surface area contributed by atoms with Crippen molar-refractivity contribution < 1.29 is 4.79 Å². The molecule has 0 saturated heterocycles. The monoisotopic (exact) mass is 310 g/mol. The minimum atomic E-state index is -0.0576. The van der Waals surface area contributed by atoms with Crippen LogP contribution in [0.2, 0.25) is 0 Å². The Bertz CT molecular complexity index is 743. The van der Waals surface area contributed by atoms with E-state index in [1.54, 1.807) is 12.4 Å². The van der Waals surface area contributed by atoms with Gasteiger partial charge in [0.1, 0.15) is 0 Å². The van der Waals surface area contributed by atoms with E-state index in [0.29, 0.717) is 18.0 Å². The quantitative estimate of drug-likeness (QED) is 0.786. The summed E-state index contributed by atoms with van der Waals surface area (Å²) in [6.45, 7) is 0. The average Bonchev–Trinajstić information content (AvgIpc) is 3.03. The zero-order valence-corrected chi connectivity index (χ0v) is 12.6. The Kier molecular flexibility index (Phi) is 4.50. The van der Waals surface area contributed by atoms with E-state index in [2.05, 4.69) is 20.5 Å². The van der Waals surface area contributed by atoms with Gasteiger partial charge in [-0.15, -0.1) is 10.2 Å². The van der Waals surface area contributed by atoms with Crippen molar-refractivity contribution in [2.24, 2.45) is 0 Å². The highest BCUT2D eigenvalue weighted by Gasteiger charge is 2.09. The van der Waals surface area contributed by atoms with E-state index in [1.807, 2.05) is 42.5 Å². The van der Waals surface area contributed by atoms with Gasteiger partial charge in [0.05, 0.1) is 0 Å². The van der Waals surface area contributed by atoms with E-state index in [4.69, 9.17) is 0 Å². The number of nitrogens with zero attached hydrogens (tertiary/aromatic N) is 3. The third-order valence-corrected chi connectivity index (χ3v) is 3.95. The minimum absolute atomic E-state index is 0.0576. The fourth-order valence-electron chi connectivity index (χ4n) is 1.96. The molecule has 0 atom stereocenters. The Balaban J connectivity index is 1.57. The molecule has 0 unspecified atom stereocenters. The van der Waals surface area contributed by atoms with Gasteiger partial charge in [-0.05, 0) is 24.1 Å². The number of nitrogens with one attached hydrogen (secondary N) is 1. The molecule has 0 aliphatic carbocycles. The van der Waals surface area contributed by atoms with Gasteiger partial charge in [0, 0.05) is 24.4 Å². The normalized spacial score (nSPS) is 10.4. The molecule has 0 bridgehead atoms. The van der Waals surface area contributed by atoms with Crippen molar-refractivity contribution in [2.45, 2.75) is 12.8 Å². The van der Waals surface area contributed by atoms with Crippen LogP contribution >= 0.6 is 11.3 Å². The van der Waals surface area contributed by atoms with Crippen LogP contribution in [-0.2, 0) is 11.2 Å². The molecular formula is C16H14N4OS. The largest absolute Gasteiger partial charge is 0.301 e. The first-order valence-corrected chi connectivity index (χ1v) is 7.70. The second-order valence-electron chi connectivity index (χ2n) is 4.69. The number of aryl methyl sites for hydroxylation is 1. The number of hydrogen-bond acceptors (Lipinski definition) is 5. The molecule has 3 rings (SSSR count). The molecule has 5 nitrogen and oxygen atoms in total. The number of benzene rings is 1. The maximum atomic E-state index is 11.9. The van der Waals surface area contributed by atoms with Crippen LogP contribution in [0, 0.1) is 0 Å². The summed E-state index contributed by atoms with van der Waals surface area (Å²) in [5.74, 6) is -0.0576. The lowest BCUT2D eigenvalue weighted by Gasteiger charge is -2.01. The predicted molar refractivity (Wildman–Crippen MR) is 86.5 cm³/mol. The summed E-state index contributed by atoms with van der Waals surface area (Å²) in [5.41, 5.74) is 2.04. The van der Waals surface area contributed by atoms with Crippen LogP contribution in [0.25, 0.3) is 10.6 Å². The first kappa shape index (κ1) is 14.3. The molecule has 0 fully saturated rings. The van der Waals surface area contributed by atoms with Crippen LogP contribution in [-0.4, -0.2) is 21.1 Å². The molecule has 0 spiro atoms. The number of rotatable bonds is 5. The summed E-state index contributed by atoms with van der Waals surface area (Å²) in [6, 6.07) is 13.7. The molecule has 1 N–H and O–H groups in total. The van der Waals surface area contributed by atoms with Gasteiger partial charge in [0.25, 0.3) is 0 Å². The number of carbonyl (C=O) groups is 1. The highest BCUT2D eigenvalue weighted by molar-refractivity contribution is 7.18. The molecule has 22 heavy (non-hydrogen) atoms. The number of carbonyl (C=O) groups excluding carboxylic acids is 1. The molecule has 0 radical (unpaired) electrons. The van der Waals surface area contributed by atoms with Crippen LogP contribution in [0.15, 0.2) is 54.9 Å². The summed E-state index contributed by atoms with van der Waals surface area (Å²) >= 11 is 1.34. The second kappa shape index (κ2) is 6.91. The van der Waals surface area contributed by atoms with E-state index in [-0.39, 0.29) is 5.91 Å². The molecule has 2 heterocycles. The van der Waals surface area contributed by atoms with Crippen LogP contribution in [0.5, 0.6) is 0 Å². The van der Waals surface area contributed by atoms with Gasteiger partial charge in [0.15, 0.2) is 5.01 Å². The number of amides is 1. The maximum absolute atomic E-state index is 11.9. The lowest BCUT2D eigenvalue weighted by Crippen LogP contribution is -2.12. The summed E-state index contributed by atoms with van der Waals surface area (Å²) in [4.78, 5) is 16.0. The highest BCUT2D eigenvalue weighted by atomic mass is 32.1. The fraction of sp³-hybridized carbons (Fsp3) is 0.125. The Morgan fingerprint density at radius 1 is 1.09 bits per heavy atom. The van der Waals surface area contributed by atoms with Gasteiger partial charge < -0.3 is 5.32 Å². The third kappa shape index (κ3) is 3.73.